The monoisotopic (exact) mass is 800 g/mol. The van der Waals surface area contributed by atoms with Crippen LogP contribution in [0.2, 0.25) is 5.02 Å². The Labute approximate surface area is 327 Å². The second-order valence-corrected chi connectivity index (χ2v) is 12.7. The summed E-state index contributed by atoms with van der Waals surface area (Å²) in [6, 6.07) is 8.95. The van der Waals surface area contributed by atoms with Gasteiger partial charge in [-0.25, -0.2) is 9.59 Å². The lowest BCUT2D eigenvalue weighted by molar-refractivity contribution is -0.171. The lowest BCUT2D eigenvalue weighted by atomic mass is 9.90. The number of furan rings is 1. The molecule has 3 rings (SSSR count). The van der Waals surface area contributed by atoms with Gasteiger partial charge in [-0.3, -0.25) is 24.0 Å². The van der Waals surface area contributed by atoms with E-state index in [9.17, 15) is 38.7 Å². The van der Waals surface area contributed by atoms with Crippen LogP contribution in [0.4, 0.5) is 0 Å². The Hall–Kier alpha value is -6.10. The lowest BCUT2D eigenvalue weighted by Gasteiger charge is -2.31. The molecular formula is C38H45ClN4O13. The van der Waals surface area contributed by atoms with E-state index in [1.807, 2.05) is 6.92 Å². The van der Waals surface area contributed by atoms with Gasteiger partial charge in [-0.15, -0.1) is 0 Å². The van der Waals surface area contributed by atoms with Gasteiger partial charge < -0.3 is 44.9 Å². The maximum absolute atomic E-state index is 13.5. The van der Waals surface area contributed by atoms with Crippen LogP contribution < -0.4 is 25.4 Å². The average molecular weight is 801 g/mol. The minimum Gasteiger partial charge on any atom is -0.497 e. The molecule has 4 amide bonds. The predicted molar refractivity (Wildman–Crippen MR) is 200 cm³/mol. The van der Waals surface area contributed by atoms with Crippen molar-refractivity contribution in [1.82, 2.24) is 21.0 Å². The number of nitrogens with one attached hydrogen (secondary N) is 3. The summed E-state index contributed by atoms with van der Waals surface area (Å²) in [7, 11) is 1.44. The smallest absolute Gasteiger partial charge is 0.364 e. The quantitative estimate of drug-likeness (QED) is 0.0380. The number of ether oxygens (including phenoxy) is 2. The molecule has 3 aromatic rings. The van der Waals surface area contributed by atoms with Gasteiger partial charge in [0.1, 0.15) is 23.3 Å². The van der Waals surface area contributed by atoms with Crippen molar-refractivity contribution < 1.29 is 62.5 Å². The van der Waals surface area contributed by atoms with Gasteiger partial charge >= 0.3 is 17.9 Å². The average Bonchev–Trinajstić information content (AvgIpc) is 3.67. The number of amides is 4. The number of nitrogens with zero attached hydrogens (tertiary/aromatic N) is 1. The Morgan fingerprint density at radius 2 is 1.66 bits per heavy atom. The molecule has 1 heterocycles. The van der Waals surface area contributed by atoms with E-state index in [2.05, 4.69) is 16.0 Å². The number of hydroxylamine groups is 2. The molecular weight excluding hydrogens is 756 g/mol. The number of hydrogen-bond acceptors (Lipinski definition) is 11. The minimum absolute atomic E-state index is 0.00950. The number of carbonyl (C=O) groups excluding carboxylic acids is 5. The van der Waals surface area contributed by atoms with E-state index in [1.165, 1.54) is 55.6 Å². The summed E-state index contributed by atoms with van der Waals surface area (Å²) in [5, 5.41) is 26.5. The zero-order chi connectivity index (χ0) is 41.4. The second-order valence-electron chi connectivity index (χ2n) is 12.3. The molecule has 3 atom stereocenters. The maximum atomic E-state index is 13.5. The van der Waals surface area contributed by atoms with Crippen LogP contribution in [0.3, 0.4) is 0 Å². The molecule has 17 nitrogen and oxygen atoms in total. The van der Waals surface area contributed by atoms with Crippen LogP contribution in [0.5, 0.6) is 11.5 Å². The highest BCUT2D eigenvalue weighted by atomic mass is 35.5. The number of benzene rings is 2. The van der Waals surface area contributed by atoms with E-state index in [0.717, 1.165) is 17.9 Å². The molecule has 0 spiro atoms. The standard InChI is InChI=1S/C38H45ClN4O13/c1-5-8-9-10-25(29(6-2)43(21-44)56-38(52)24-14-12-23(53-4)18-27(24)39)34(47)40-20-41-36(49)31-16-15-30(55-31)22-11-13-26(32(17-22)54-7-3)35(48)42-28(37(50)51)19-33(45)46/h11-18,21,25,28-29H,5-10,19-20H2,1-4H3,(H,40,47)(H,41,49)(H,42,48)(H,45,46)(H,50,51). The van der Waals surface area contributed by atoms with Crippen molar-refractivity contribution in [3.05, 3.63) is 70.4 Å². The number of hydrogen-bond donors (Lipinski definition) is 5. The molecule has 0 aliphatic rings. The Bertz CT molecular complexity index is 1880. The van der Waals surface area contributed by atoms with Gasteiger partial charge in [-0.1, -0.05) is 50.8 Å². The van der Waals surface area contributed by atoms with Gasteiger partial charge in [0.2, 0.25) is 12.3 Å². The number of carboxylic acid groups (broad SMARTS) is 2. The van der Waals surface area contributed by atoms with Crippen LogP contribution in [-0.2, 0) is 24.0 Å². The van der Waals surface area contributed by atoms with Crippen molar-refractivity contribution >= 4 is 53.6 Å². The normalized spacial score (nSPS) is 12.3. The number of carbonyl (C=O) groups is 7. The molecule has 56 heavy (non-hydrogen) atoms. The van der Waals surface area contributed by atoms with Crippen LogP contribution in [0.1, 0.15) is 90.6 Å². The second kappa shape index (κ2) is 21.7. The van der Waals surface area contributed by atoms with Gasteiger partial charge in [-0.2, -0.15) is 5.06 Å². The van der Waals surface area contributed by atoms with Crippen LogP contribution in [0.25, 0.3) is 11.3 Å². The third-order valence-electron chi connectivity index (χ3n) is 8.49. The van der Waals surface area contributed by atoms with E-state index < -0.39 is 60.1 Å². The predicted octanol–water partition coefficient (Wildman–Crippen LogP) is 4.67. The molecule has 0 saturated heterocycles. The Kier molecular flexibility index (Phi) is 17.2. The van der Waals surface area contributed by atoms with E-state index in [4.69, 9.17) is 35.4 Å². The first-order valence-electron chi connectivity index (χ1n) is 17.8. The number of unbranched alkanes of at least 4 members (excludes halogenated alkanes) is 2. The highest BCUT2D eigenvalue weighted by Gasteiger charge is 2.34. The summed E-state index contributed by atoms with van der Waals surface area (Å²) in [5.74, 6) is -6.13. The van der Waals surface area contributed by atoms with Crippen LogP contribution >= 0.6 is 11.6 Å². The van der Waals surface area contributed by atoms with Crippen LogP contribution in [-0.4, -0.2) is 89.8 Å². The third-order valence-corrected chi connectivity index (χ3v) is 8.80. The summed E-state index contributed by atoms with van der Waals surface area (Å²) in [6.45, 7) is 5.22. The fraction of sp³-hybridized carbons (Fsp3) is 0.395. The summed E-state index contributed by atoms with van der Waals surface area (Å²) < 4.78 is 16.4. The SMILES string of the molecule is CCCCCC(C(=O)NCNC(=O)c1ccc(-c2ccc(C(=O)NC(CC(=O)O)C(=O)O)c(OCC)c2)o1)C(CC)N(C=O)OC(=O)c1ccc(OC)cc1Cl. The fourth-order valence-corrected chi connectivity index (χ4v) is 5.90. The van der Waals surface area contributed by atoms with Crippen molar-refractivity contribution in [2.24, 2.45) is 5.92 Å². The zero-order valence-electron chi connectivity index (χ0n) is 31.3. The van der Waals surface area contributed by atoms with E-state index in [0.29, 0.717) is 30.6 Å². The summed E-state index contributed by atoms with van der Waals surface area (Å²) in [6.07, 6.45) is 2.41. The first-order valence-corrected chi connectivity index (χ1v) is 18.1. The van der Waals surface area contributed by atoms with Crippen molar-refractivity contribution in [2.75, 3.05) is 20.4 Å². The summed E-state index contributed by atoms with van der Waals surface area (Å²) >= 11 is 6.23. The highest BCUT2D eigenvalue weighted by Crippen LogP contribution is 2.30. The molecule has 5 N–H and O–H groups in total. The molecule has 0 aliphatic heterocycles. The van der Waals surface area contributed by atoms with Gasteiger partial charge in [-0.05, 0) is 62.2 Å². The maximum Gasteiger partial charge on any atom is 0.364 e. The van der Waals surface area contributed by atoms with Crippen molar-refractivity contribution in [2.45, 2.75) is 71.4 Å². The molecule has 0 aliphatic carbocycles. The van der Waals surface area contributed by atoms with E-state index in [-0.39, 0.29) is 53.1 Å². The van der Waals surface area contributed by atoms with Crippen LogP contribution in [0, 0.1) is 5.92 Å². The number of halogens is 1. The summed E-state index contributed by atoms with van der Waals surface area (Å²) in [4.78, 5) is 92.5. The fourth-order valence-electron chi connectivity index (χ4n) is 5.65. The lowest BCUT2D eigenvalue weighted by Crippen LogP contribution is -2.49. The van der Waals surface area contributed by atoms with E-state index >= 15 is 0 Å². The largest absolute Gasteiger partial charge is 0.497 e. The molecule has 302 valence electrons. The van der Waals surface area contributed by atoms with Gasteiger partial charge in [0.05, 0.1) is 54.9 Å². The third kappa shape index (κ3) is 12.2. The molecule has 0 bridgehead atoms. The number of carboxylic acids is 2. The molecule has 18 heteroatoms. The molecule has 3 unspecified atom stereocenters. The molecule has 2 aromatic carbocycles. The van der Waals surface area contributed by atoms with Crippen molar-refractivity contribution in [3.63, 3.8) is 0 Å². The topological polar surface area (TPSA) is 240 Å². The Morgan fingerprint density at radius 1 is 0.929 bits per heavy atom. The van der Waals surface area contributed by atoms with Gasteiger partial charge in [0.15, 0.2) is 5.76 Å². The number of methoxy groups -OCH3 is 1. The number of rotatable bonds is 23. The Balaban J connectivity index is 1.70. The van der Waals surface area contributed by atoms with Gasteiger partial charge in [0.25, 0.3) is 11.8 Å². The first-order chi connectivity index (χ1) is 26.8. The molecule has 1 aromatic heterocycles. The highest BCUT2D eigenvalue weighted by molar-refractivity contribution is 6.33. The zero-order valence-corrected chi connectivity index (χ0v) is 32.1. The molecule has 0 fully saturated rings. The van der Waals surface area contributed by atoms with Crippen molar-refractivity contribution in [3.8, 4) is 22.8 Å². The first kappa shape index (κ1) is 44.3. The summed E-state index contributed by atoms with van der Waals surface area (Å²) in [5.41, 5.74) is 0.333. The molecule has 0 saturated carbocycles. The Morgan fingerprint density at radius 3 is 2.27 bits per heavy atom. The van der Waals surface area contributed by atoms with Crippen molar-refractivity contribution in [1.29, 1.82) is 0 Å². The number of aliphatic carboxylic acids is 2. The molecule has 0 radical (unpaired) electrons. The minimum atomic E-state index is -1.67. The van der Waals surface area contributed by atoms with Gasteiger partial charge in [0, 0.05) is 5.56 Å². The van der Waals surface area contributed by atoms with E-state index in [1.54, 1.807) is 13.8 Å². The van der Waals surface area contributed by atoms with Crippen LogP contribution in [0.15, 0.2) is 52.9 Å².